The summed E-state index contributed by atoms with van der Waals surface area (Å²) >= 11 is 16.0. The molecule has 3 aromatic rings. The Balaban J connectivity index is 1.96. The number of nitrogens with zero attached hydrogens (tertiary/aromatic N) is 1. The number of benzene rings is 3. The van der Waals surface area contributed by atoms with Gasteiger partial charge in [0, 0.05) is 23.0 Å². The minimum absolute atomic E-state index is 0.159. The van der Waals surface area contributed by atoms with Gasteiger partial charge in [0.1, 0.15) is 11.8 Å². The third-order valence-electron chi connectivity index (χ3n) is 5.88. The number of amides is 2. The van der Waals surface area contributed by atoms with Gasteiger partial charge in [0.05, 0.1) is 10.0 Å². The fraction of sp³-hybridized carbons (Fsp3) is 0.333. The minimum atomic E-state index is -0.782. The lowest BCUT2D eigenvalue weighted by Gasteiger charge is -2.33. The van der Waals surface area contributed by atoms with Crippen LogP contribution in [-0.2, 0) is 22.6 Å². The maximum atomic E-state index is 13.8. The average Bonchev–Trinajstić information content (AvgIpc) is 2.84. The minimum Gasteiger partial charge on any atom is -0.484 e. The summed E-state index contributed by atoms with van der Waals surface area (Å²) in [5, 5.41) is 3.85. The number of carbonyl (C=O) groups is 2. The number of halogens is 3. The van der Waals surface area contributed by atoms with Crippen LogP contribution in [0.1, 0.15) is 43.0 Å². The van der Waals surface area contributed by atoms with E-state index in [2.05, 4.69) is 21.2 Å². The van der Waals surface area contributed by atoms with E-state index in [1.165, 1.54) is 0 Å². The molecule has 38 heavy (non-hydrogen) atoms. The SMILES string of the molecule is Cc1cc(OCC(=O)N(Cc2ccc(Cl)c(Cl)c2)[C@H](Cc2ccccc2)C(=O)NC(C)(C)C)cc(C)c1Br. The van der Waals surface area contributed by atoms with Gasteiger partial charge in [-0.25, -0.2) is 0 Å². The molecule has 0 heterocycles. The molecule has 8 heteroatoms. The van der Waals surface area contributed by atoms with Crippen LogP contribution in [-0.4, -0.2) is 34.9 Å². The highest BCUT2D eigenvalue weighted by Gasteiger charge is 2.32. The molecule has 1 atom stereocenters. The van der Waals surface area contributed by atoms with Gasteiger partial charge in [-0.15, -0.1) is 0 Å². The van der Waals surface area contributed by atoms with Gasteiger partial charge in [0.15, 0.2) is 6.61 Å². The summed E-state index contributed by atoms with van der Waals surface area (Å²) in [6.45, 7) is 9.61. The molecule has 0 unspecified atom stereocenters. The number of ether oxygens (including phenoxy) is 1. The predicted octanol–water partition coefficient (Wildman–Crippen LogP) is 7.31. The van der Waals surface area contributed by atoms with Gasteiger partial charge in [0.25, 0.3) is 5.91 Å². The summed E-state index contributed by atoms with van der Waals surface area (Å²) in [6.07, 6.45) is 0.340. The summed E-state index contributed by atoms with van der Waals surface area (Å²) in [7, 11) is 0. The fourth-order valence-corrected chi connectivity index (χ4v) is 4.61. The van der Waals surface area contributed by atoms with E-state index in [-0.39, 0.29) is 25.0 Å². The number of rotatable bonds is 9. The molecule has 0 aliphatic carbocycles. The number of hydrogen-bond donors (Lipinski definition) is 1. The summed E-state index contributed by atoms with van der Waals surface area (Å²) < 4.78 is 6.94. The van der Waals surface area contributed by atoms with Crippen molar-refractivity contribution in [2.75, 3.05) is 6.61 Å². The molecule has 0 bridgehead atoms. The first-order valence-corrected chi connectivity index (χ1v) is 13.9. The molecule has 2 amide bonds. The van der Waals surface area contributed by atoms with E-state index >= 15 is 0 Å². The van der Waals surface area contributed by atoms with Gasteiger partial charge in [-0.2, -0.15) is 0 Å². The Morgan fingerprint density at radius 3 is 2.16 bits per heavy atom. The molecule has 0 saturated heterocycles. The number of hydrogen-bond acceptors (Lipinski definition) is 3. The Kier molecular flexibility index (Phi) is 10.3. The Bertz CT molecular complexity index is 1270. The zero-order chi connectivity index (χ0) is 28.0. The van der Waals surface area contributed by atoms with E-state index in [1.807, 2.05) is 77.1 Å². The molecular formula is C30H33BrCl2N2O3. The Labute approximate surface area is 243 Å². The van der Waals surface area contributed by atoms with Gasteiger partial charge in [-0.3, -0.25) is 9.59 Å². The summed E-state index contributed by atoms with van der Waals surface area (Å²) in [6, 6.07) is 17.8. The van der Waals surface area contributed by atoms with Crippen LogP contribution in [0.4, 0.5) is 0 Å². The van der Waals surface area contributed by atoms with E-state index in [4.69, 9.17) is 27.9 Å². The largest absolute Gasteiger partial charge is 0.484 e. The second-order valence-electron chi connectivity index (χ2n) is 10.4. The van der Waals surface area contributed by atoms with Crippen molar-refractivity contribution < 1.29 is 14.3 Å². The molecule has 1 N–H and O–H groups in total. The van der Waals surface area contributed by atoms with Crippen LogP contribution in [0, 0.1) is 13.8 Å². The van der Waals surface area contributed by atoms with Crippen molar-refractivity contribution in [3.05, 3.63) is 97.4 Å². The van der Waals surface area contributed by atoms with Gasteiger partial charge in [-0.05, 0) is 81.1 Å². The van der Waals surface area contributed by atoms with Crippen molar-refractivity contribution in [1.29, 1.82) is 0 Å². The average molecular weight is 620 g/mol. The van der Waals surface area contributed by atoms with E-state index in [1.54, 1.807) is 23.1 Å². The van der Waals surface area contributed by atoms with Crippen molar-refractivity contribution in [3.8, 4) is 5.75 Å². The van der Waals surface area contributed by atoms with Gasteiger partial charge >= 0.3 is 0 Å². The number of carbonyl (C=O) groups excluding carboxylic acids is 2. The first-order valence-electron chi connectivity index (χ1n) is 12.3. The predicted molar refractivity (Wildman–Crippen MR) is 158 cm³/mol. The topological polar surface area (TPSA) is 58.6 Å². The van der Waals surface area contributed by atoms with Gasteiger partial charge in [-0.1, -0.05) is 75.5 Å². The molecular weight excluding hydrogens is 587 g/mol. The van der Waals surface area contributed by atoms with Crippen molar-refractivity contribution in [3.63, 3.8) is 0 Å². The first kappa shape index (κ1) is 30.0. The van der Waals surface area contributed by atoms with Crippen LogP contribution in [0.15, 0.2) is 65.1 Å². The van der Waals surface area contributed by atoms with Gasteiger partial charge < -0.3 is 15.0 Å². The zero-order valence-corrected chi connectivity index (χ0v) is 25.4. The second-order valence-corrected chi connectivity index (χ2v) is 12.0. The summed E-state index contributed by atoms with van der Waals surface area (Å²) in [4.78, 5) is 28.9. The highest BCUT2D eigenvalue weighted by molar-refractivity contribution is 9.10. The highest BCUT2D eigenvalue weighted by atomic mass is 79.9. The van der Waals surface area contributed by atoms with E-state index in [0.29, 0.717) is 22.2 Å². The van der Waals surface area contributed by atoms with Crippen LogP contribution in [0.5, 0.6) is 5.75 Å². The number of aryl methyl sites for hydroxylation is 2. The van der Waals surface area contributed by atoms with Crippen LogP contribution < -0.4 is 10.1 Å². The molecule has 0 saturated carbocycles. The molecule has 0 fully saturated rings. The molecule has 0 aliphatic heterocycles. The summed E-state index contributed by atoms with van der Waals surface area (Å²) in [5.41, 5.74) is 3.23. The third kappa shape index (κ3) is 8.48. The van der Waals surface area contributed by atoms with Crippen LogP contribution >= 0.6 is 39.1 Å². The lowest BCUT2D eigenvalue weighted by atomic mass is 10.0. The van der Waals surface area contributed by atoms with Crippen molar-refractivity contribution >= 4 is 50.9 Å². The Morgan fingerprint density at radius 2 is 1.58 bits per heavy atom. The number of nitrogens with one attached hydrogen (secondary N) is 1. The maximum Gasteiger partial charge on any atom is 0.261 e. The molecule has 5 nitrogen and oxygen atoms in total. The van der Waals surface area contributed by atoms with Gasteiger partial charge in [0.2, 0.25) is 5.91 Å². The smallest absolute Gasteiger partial charge is 0.261 e. The molecule has 0 aliphatic rings. The fourth-order valence-electron chi connectivity index (χ4n) is 4.06. The molecule has 0 radical (unpaired) electrons. The second kappa shape index (κ2) is 13.0. The molecule has 202 valence electrons. The first-order chi connectivity index (χ1) is 17.8. The Hall–Kier alpha value is -2.54. The lowest BCUT2D eigenvalue weighted by Crippen LogP contribution is -2.55. The molecule has 0 spiro atoms. The van der Waals surface area contributed by atoms with Crippen LogP contribution in [0.2, 0.25) is 10.0 Å². The zero-order valence-electron chi connectivity index (χ0n) is 22.3. The Morgan fingerprint density at radius 1 is 0.947 bits per heavy atom. The molecule has 0 aromatic heterocycles. The quantitative estimate of drug-likeness (QED) is 0.273. The van der Waals surface area contributed by atoms with Crippen molar-refractivity contribution in [2.45, 2.75) is 59.2 Å². The normalized spacial score (nSPS) is 12.1. The molecule has 3 aromatic carbocycles. The highest BCUT2D eigenvalue weighted by Crippen LogP contribution is 2.27. The van der Waals surface area contributed by atoms with E-state index in [9.17, 15) is 9.59 Å². The van der Waals surface area contributed by atoms with E-state index < -0.39 is 11.6 Å². The van der Waals surface area contributed by atoms with Crippen molar-refractivity contribution in [1.82, 2.24) is 10.2 Å². The standard InChI is InChI=1S/C30H33BrCl2N2O3/c1-19-13-23(14-20(2)28(19)31)38-18-27(36)35(17-22-11-12-24(32)25(33)15-22)26(29(37)34-30(3,4)5)16-21-9-7-6-8-10-21/h6-15,26H,16-18H2,1-5H3,(H,34,37)/t26-/m1/s1. The van der Waals surface area contributed by atoms with E-state index in [0.717, 1.165) is 26.7 Å². The van der Waals surface area contributed by atoms with Crippen LogP contribution in [0.3, 0.4) is 0 Å². The van der Waals surface area contributed by atoms with Crippen molar-refractivity contribution in [2.24, 2.45) is 0 Å². The molecule has 3 rings (SSSR count). The third-order valence-corrected chi connectivity index (χ3v) is 7.87. The maximum absolute atomic E-state index is 13.8. The van der Waals surface area contributed by atoms with Crippen LogP contribution in [0.25, 0.3) is 0 Å². The monoisotopic (exact) mass is 618 g/mol. The lowest BCUT2D eigenvalue weighted by molar-refractivity contribution is -0.143. The summed E-state index contributed by atoms with van der Waals surface area (Å²) in [5.74, 6) is 0.0224.